The van der Waals surface area contributed by atoms with E-state index in [9.17, 15) is 0 Å². The third-order valence-electron chi connectivity index (χ3n) is 4.53. The summed E-state index contributed by atoms with van der Waals surface area (Å²) in [6.07, 6.45) is 8.61. The second-order valence-corrected chi connectivity index (χ2v) is 6.38. The lowest BCUT2D eigenvalue weighted by molar-refractivity contribution is 0.0888. The molecule has 0 radical (unpaired) electrons. The molecule has 1 saturated carbocycles. The Labute approximate surface area is 101 Å². The van der Waals surface area contributed by atoms with Crippen LogP contribution < -0.4 is 5.32 Å². The molecule has 1 aliphatic carbocycles. The van der Waals surface area contributed by atoms with Crippen LogP contribution in [0.3, 0.4) is 0 Å². The Balaban J connectivity index is 1.97. The first kappa shape index (κ1) is 12.4. The second kappa shape index (κ2) is 5.05. The van der Waals surface area contributed by atoms with Crippen LogP contribution in [0.1, 0.15) is 52.4 Å². The van der Waals surface area contributed by atoms with Crippen LogP contribution >= 0.6 is 0 Å². The molecule has 0 aromatic heterocycles. The SMILES string of the molecule is CNCC1CN(C2CCCCC2)C(C)(C)C1. The number of rotatable bonds is 3. The lowest BCUT2D eigenvalue weighted by atomic mass is 9.90. The third kappa shape index (κ3) is 2.60. The lowest BCUT2D eigenvalue weighted by Gasteiger charge is -2.40. The van der Waals surface area contributed by atoms with E-state index in [4.69, 9.17) is 0 Å². The summed E-state index contributed by atoms with van der Waals surface area (Å²) in [4.78, 5) is 2.81. The van der Waals surface area contributed by atoms with Crippen LogP contribution in [0.5, 0.6) is 0 Å². The molecular formula is C14H28N2. The molecule has 94 valence electrons. The van der Waals surface area contributed by atoms with Crippen molar-refractivity contribution in [3.63, 3.8) is 0 Å². The van der Waals surface area contributed by atoms with Gasteiger partial charge in [0.05, 0.1) is 0 Å². The minimum atomic E-state index is 0.434. The Bertz CT molecular complexity index is 219. The van der Waals surface area contributed by atoms with Crippen molar-refractivity contribution in [2.45, 2.75) is 64.0 Å². The smallest absolute Gasteiger partial charge is 0.0159 e. The summed E-state index contributed by atoms with van der Waals surface area (Å²) in [7, 11) is 2.08. The molecule has 2 nitrogen and oxygen atoms in total. The van der Waals surface area contributed by atoms with Crippen molar-refractivity contribution in [1.29, 1.82) is 0 Å². The molecule has 1 aliphatic heterocycles. The fraction of sp³-hybridized carbons (Fsp3) is 1.00. The topological polar surface area (TPSA) is 15.3 Å². The number of nitrogens with zero attached hydrogens (tertiary/aromatic N) is 1. The maximum Gasteiger partial charge on any atom is 0.0159 e. The summed E-state index contributed by atoms with van der Waals surface area (Å²) in [6, 6.07) is 0.880. The summed E-state index contributed by atoms with van der Waals surface area (Å²) in [5.41, 5.74) is 0.434. The van der Waals surface area contributed by atoms with Gasteiger partial charge in [0.1, 0.15) is 0 Å². The van der Waals surface area contributed by atoms with Gasteiger partial charge >= 0.3 is 0 Å². The first-order chi connectivity index (χ1) is 7.63. The van der Waals surface area contributed by atoms with Gasteiger partial charge in [0.15, 0.2) is 0 Å². The molecular weight excluding hydrogens is 196 g/mol. The zero-order chi connectivity index (χ0) is 11.6. The molecule has 1 N–H and O–H groups in total. The highest BCUT2D eigenvalue weighted by Gasteiger charge is 2.41. The molecule has 2 rings (SSSR count). The van der Waals surface area contributed by atoms with Crippen LogP contribution in [0.15, 0.2) is 0 Å². The van der Waals surface area contributed by atoms with Crippen molar-refractivity contribution in [2.24, 2.45) is 5.92 Å². The predicted octanol–water partition coefficient (Wildman–Crippen LogP) is 2.64. The summed E-state index contributed by atoms with van der Waals surface area (Å²) in [6.45, 7) is 7.39. The maximum atomic E-state index is 3.34. The van der Waals surface area contributed by atoms with Crippen LogP contribution in [0.4, 0.5) is 0 Å². The largest absolute Gasteiger partial charge is 0.319 e. The predicted molar refractivity (Wildman–Crippen MR) is 69.7 cm³/mol. The van der Waals surface area contributed by atoms with Crippen molar-refractivity contribution in [3.8, 4) is 0 Å². The van der Waals surface area contributed by atoms with Crippen molar-refractivity contribution in [1.82, 2.24) is 10.2 Å². The van der Waals surface area contributed by atoms with Gasteiger partial charge in [-0.3, -0.25) is 4.90 Å². The molecule has 0 amide bonds. The molecule has 16 heavy (non-hydrogen) atoms. The van der Waals surface area contributed by atoms with Gasteiger partial charge in [0, 0.05) is 18.1 Å². The molecule has 0 spiro atoms. The molecule has 0 aromatic carbocycles. The highest BCUT2D eigenvalue weighted by Crippen LogP contribution is 2.37. The van der Waals surface area contributed by atoms with E-state index in [0.29, 0.717) is 5.54 Å². The van der Waals surface area contributed by atoms with E-state index < -0.39 is 0 Å². The van der Waals surface area contributed by atoms with Gasteiger partial charge < -0.3 is 5.32 Å². The van der Waals surface area contributed by atoms with E-state index in [-0.39, 0.29) is 0 Å². The highest BCUT2D eigenvalue weighted by atomic mass is 15.2. The fourth-order valence-electron chi connectivity index (χ4n) is 3.87. The number of nitrogens with one attached hydrogen (secondary N) is 1. The third-order valence-corrected chi connectivity index (χ3v) is 4.53. The molecule has 1 atom stereocenters. The minimum absolute atomic E-state index is 0.434. The van der Waals surface area contributed by atoms with Gasteiger partial charge in [-0.05, 0) is 52.6 Å². The zero-order valence-electron chi connectivity index (χ0n) is 11.3. The summed E-state index contributed by atoms with van der Waals surface area (Å²) in [5.74, 6) is 0.863. The van der Waals surface area contributed by atoms with Gasteiger partial charge in [-0.2, -0.15) is 0 Å². The first-order valence-electron chi connectivity index (χ1n) is 7.05. The highest BCUT2D eigenvalue weighted by molar-refractivity contribution is 4.97. The molecule has 2 aliphatic rings. The van der Waals surface area contributed by atoms with Crippen molar-refractivity contribution < 1.29 is 0 Å². The normalized spacial score (nSPS) is 32.1. The maximum absolute atomic E-state index is 3.34. The van der Waals surface area contributed by atoms with Crippen LogP contribution in [0.2, 0.25) is 0 Å². The number of hydrogen-bond donors (Lipinski definition) is 1. The van der Waals surface area contributed by atoms with Gasteiger partial charge in [-0.25, -0.2) is 0 Å². The van der Waals surface area contributed by atoms with Crippen molar-refractivity contribution in [2.75, 3.05) is 20.1 Å². The Morgan fingerprint density at radius 3 is 2.50 bits per heavy atom. The minimum Gasteiger partial charge on any atom is -0.319 e. The van der Waals surface area contributed by atoms with Crippen LogP contribution in [-0.2, 0) is 0 Å². The zero-order valence-corrected chi connectivity index (χ0v) is 11.3. The molecule has 1 saturated heterocycles. The van der Waals surface area contributed by atoms with E-state index in [2.05, 4.69) is 31.1 Å². The number of hydrogen-bond acceptors (Lipinski definition) is 2. The molecule has 1 unspecified atom stereocenters. The Kier molecular flexibility index (Phi) is 3.91. The molecule has 1 heterocycles. The van der Waals surface area contributed by atoms with Crippen molar-refractivity contribution in [3.05, 3.63) is 0 Å². The van der Waals surface area contributed by atoms with Gasteiger partial charge in [-0.15, -0.1) is 0 Å². The molecule has 0 aromatic rings. The van der Waals surface area contributed by atoms with E-state index >= 15 is 0 Å². The van der Waals surface area contributed by atoms with Crippen LogP contribution in [0, 0.1) is 5.92 Å². The Morgan fingerprint density at radius 2 is 1.88 bits per heavy atom. The Morgan fingerprint density at radius 1 is 1.19 bits per heavy atom. The van der Waals surface area contributed by atoms with E-state index in [1.165, 1.54) is 51.6 Å². The Hall–Kier alpha value is -0.0800. The quantitative estimate of drug-likeness (QED) is 0.793. The summed E-state index contributed by atoms with van der Waals surface area (Å²) >= 11 is 0. The molecule has 2 heteroatoms. The average Bonchev–Trinajstić information content (AvgIpc) is 2.55. The van der Waals surface area contributed by atoms with Gasteiger partial charge in [0.2, 0.25) is 0 Å². The lowest BCUT2D eigenvalue weighted by Crippen LogP contribution is -2.46. The van der Waals surface area contributed by atoms with Crippen LogP contribution in [0.25, 0.3) is 0 Å². The van der Waals surface area contributed by atoms with E-state index in [1.807, 2.05) is 0 Å². The molecule has 2 fully saturated rings. The number of likely N-dealkylation sites (tertiary alicyclic amines) is 1. The summed E-state index contributed by atoms with van der Waals surface area (Å²) < 4.78 is 0. The summed E-state index contributed by atoms with van der Waals surface area (Å²) in [5, 5.41) is 3.34. The van der Waals surface area contributed by atoms with Gasteiger partial charge in [-0.1, -0.05) is 19.3 Å². The van der Waals surface area contributed by atoms with Crippen LogP contribution in [-0.4, -0.2) is 36.6 Å². The van der Waals surface area contributed by atoms with E-state index in [0.717, 1.165) is 12.0 Å². The van der Waals surface area contributed by atoms with E-state index in [1.54, 1.807) is 0 Å². The van der Waals surface area contributed by atoms with Gasteiger partial charge in [0.25, 0.3) is 0 Å². The fourth-order valence-corrected chi connectivity index (χ4v) is 3.87. The molecule has 0 bridgehead atoms. The average molecular weight is 224 g/mol. The first-order valence-corrected chi connectivity index (χ1v) is 7.05. The van der Waals surface area contributed by atoms with Crippen molar-refractivity contribution >= 4 is 0 Å². The standard InChI is InChI=1S/C14H28N2/c1-14(2)9-12(10-15-3)11-16(14)13-7-5-4-6-8-13/h12-13,15H,4-11H2,1-3H3. The monoisotopic (exact) mass is 224 g/mol. The second-order valence-electron chi connectivity index (χ2n) is 6.38.